The van der Waals surface area contributed by atoms with Crippen LogP contribution < -0.4 is 5.56 Å². The van der Waals surface area contributed by atoms with Crippen LogP contribution in [0.3, 0.4) is 0 Å². The van der Waals surface area contributed by atoms with Gasteiger partial charge >= 0.3 is 0 Å². The molecule has 0 amide bonds. The van der Waals surface area contributed by atoms with Crippen LogP contribution in [0.1, 0.15) is 0 Å². The van der Waals surface area contributed by atoms with Gasteiger partial charge in [-0.3, -0.25) is 9.36 Å². The Bertz CT molecular complexity index is 1070. The Kier molecular flexibility index (Phi) is 3.35. The van der Waals surface area contributed by atoms with E-state index in [2.05, 4.69) is 4.98 Å². The van der Waals surface area contributed by atoms with Gasteiger partial charge in [0.15, 0.2) is 0 Å². The van der Waals surface area contributed by atoms with Crippen molar-refractivity contribution in [2.75, 3.05) is 0 Å². The normalized spacial score (nSPS) is 10.8. The molecule has 4 heteroatoms. The van der Waals surface area contributed by atoms with Gasteiger partial charge < -0.3 is 5.11 Å². The summed E-state index contributed by atoms with van der Waals surface area (Å²) in [4.78, 5) is 17.7. The molecule has 0 saturated carbocycles. The van der Waals surface area contributed by atoms with Crippen LogP contribution in [0.15, 0.2) is 83.7 Å². The lowest BCUT2D eigenvalue weighted by Gasteiger charge is -2.12. The van der Waals surface area contributed by atoms with E-state index in [1.165, 1.54) is 0 Å². The van der Waals surface area contributed by atoms with Gasteiger partial charge in [0.1, 0.15) is 11.4 Å². The highest BCUT2D eigenvalue weighted by Gasteiger charge is 2.13. The molecule has 0 radical (unpaired) electrons. The second-order valence-electron chi connectivity index (χ2n) is 5.47. The number of nitrogens with zero attached hydrogens (tertiary/aromatic N) is 2. The van der Waals surface area contributed by atoms with E-state index in [1.54, 1.807) is 28.8 Å². The van der Waals surface area contributed by atoms with Gasteiger partial charge in [0, 0.05) is 11.3 Å². The van der Waals surface area contributed by atoms with Crippen molar-refractivity contribution in [2.24, 2.45) is 0 Å². The van der Waals surface area contributed by atoms with Crippen LogP contribution in [0, 0.1) is 0 Å². The first-order valence-corrected chi connectivity index (χ1v) is 7.61. The summed E-state index contributed by atoms with van der Waals surface area (Å²) < 4.78 is 1.63. The molecular formula is C20H14N2O2. The number of phenolic OH excluding ortho intramolecular Hbond substituents is 1. The van der Waals surface area contributed by atoms with E-state index in [9.17, 15) is 9.90 Å². The quantitative estimate of drug-likeness (QED) is 0.613. The van der Waals surface area contributed by atoms with Gasteiger partial charge in [-0.2, -0.15) is 0 Å². The molecule has 0 aliphatic heterocycles. The summed E-state index contributed by atoms with van der Waals surface area (Å²) in [5, 5.41) is 9.52. The third-order valence-corrected chi connectivity index (χ3v) is 3.92. The van der Waals surface area contributed by atoms with Gasteiger partial charge in [-0.15, -0.1) is 0 Å². The smallest absolute Gasteiger partial charge is 0.282 e. The second kappa shape index (κ2) is 5.66. The van der Waals surface area contributed by atoms with E-state index < -0.39 is 0 Å². The van der Waals surface area contributed by atoms with Crippen molar-refractivity contribution in [3.05, 3.63) is 89.2 Å². The Morgan fingerprint density at radius 2 is 1.46 bits per heavy atom. The lowest BCUT2D eigenvalue weighted by atomic mass is 10.1. The zero-order valence-electron chi connectivity index (χ0n) is 12.8. The molecule has 0 atom stereocenters. The van der Waals surface area contributed by atoms with E-state index in [0.29, 0.717) is 11.4 Å². The van der Waals surface area contributed by atoms with Crippen LogP contribution in [0.4, 0.5) is 0 Å². The Morgan fingerprint density at radius 1 is 0.792 bits per heavy atom. The second-order valence-corrected chi connectivity index (χ2v) is 5.47. The zero-order valence-corrected chi connectivity index (χ0v) is 12.8. The van der Waals surface area contributed by atoms with Crippen molar-refractivity contribution in [1.82, 2.24) is 9.55 Å². The molecule has 0 fully saturated rings. The summed E-state index contributed by atoms with van der Waals surface area (Å²) in [6.07, 6.45) is 0. The molecule has 3 aromatic carbocycles. The Balaban J connectivity index is 2.09. The molecule has 0 aliphatic rings. The Morgan fingerprint density at radius 3 is 2.21 bits per heavy atom. The summed E-state index contributed by atoms with van der Waals surface area (Å²) in [5.74, 6) is 0.161. The minimum absolute atomic E-state index is 0.161. The predicted octanol–water partition coefficient (Wildman–Crippen LogP) is 3.76. The third-order valence-electron chi connectivity index (χ3n) is 3.92. The number of fused-ring (bicyclic) bond motifs is 1. The maximum absolute atomic E-state index is 13.1. The fourth-order valence-electron chi connectivity index (χ4n) is 2.77. The van der Waals surface area contributed by atoms with Crippen molar-refractivity contribution in [2.45, 2.75) is 0 Å². The molecule has 24 heavy (non-hydrogen) atoms. The van der Waals surface area contributed by atoms with Crippen LogP contribution >= 0.6 is 0 Å². The van der Waals surface area contributed by atoms with Gasteiger partial charge in [0.2, 0.25) is 0 Å². The fraction of sp³-hybridized carbons (Fsp3) is 0. The molecule has 1 N–H and O–H groups in total. The van der Waals surface area contributed by atoms with Crippen molar-refractivity contribution >= 4 is 11.0 Å². The topological polar surface area (TPSA) is 55.1 Å². The van der Waals surface area contributed by atoms with E-state index in [-0.39, 0.29) is 11.3 Å². The SMILES string of the molecule is O=c1c(-c2ccccc2)nc2ccccc2n1-c1ccc(O)cc1. The number of hydrogen-bond donors (Lipinski definition) is 1. The first-order chi connectivity index (χ1) is 11.7. The number of benzene rings is 3. The first kappa shape index (κ1) is 14.2. The molecule has 1 heterocycles. The van der Waals surface area contributed by atoms with Gasteiger partial charge in [-0.25, -0.2) is 4.98 Å². The lowest BCUT2D eigenvalue weighted by Crippen LogP contribution is -2.22. The molecule has 4 nitrogen and oxygen atoms in total. The molecular weight excluding hydrogens is 300 g/mol. The minimum Gasteiger partial charge on any atom is -0.508 e. The number of aromatic nitrogens is 2. The van der Waals surface area contributed by atoms with Gasteiger partial charge in [0.05, 0.1) is 11.0 Å². The van der Waals surface area contributed by atoms with Crippen molar-refractivity contribution < 1.29 is 5.11 Å². The predicted molar refractivity (Wildman–Crippen MR) is 94.4 cm³/mol. The maximum Gasteiger partial charge on any atom is 0.282 e. The summed E-state index contributed by atoms with van der Waals surface area (Å²) in [7, 11) is 0. The monoisotopic (exact) mass is 314 g/mol. The molecule has 0 unspecified atom stereocenters. The van der Waals surface area contributed by atoms with Gasteiger partial charge in [-0.1, -0.05) is 42.5 Å². The Hall–Kier alpha value is -3.40. The van der Waals surface area contributed by atoms with E-state index in [1.807, 2.05) is 54.6 Å². The molecule has 0 saturated heterocycles. The van der Waals surface area contributed by atoms with Crippen molar-refractivity contribution in [3.8, 4) is 22.7 Å². The fourth-order valence-corrected chi connectivity index (χ4v) is 2.77. The zero-order chi connectivity index (χ0) is 16.5. The summed E-state index contributed by atoms with van der Waals surface area (Å²) >= 11 is 0. The van der Waals surface area contributed by atoms with Crippen molar-refractivity contribution in [3.63, 3.8) is 0 Å². The highest BCUT2D eigenvalue weighted by molar-refractivity contribution is 5.79. The Labute approximate surface area is 138 Å². The summed E-state index contributed by atoms with van der Waals surface area (Å²) in [6, 6.07) is 23.5. The number of phenols is 1. The largest absolute Gasteiger partial charge is 0.508 e. The van der Waals surface area contributed by atoms with Crippen molar-refractivity contribution in [1.29, 1.82) is 0 Å². The summed E-state index contributed by atoms with van der Waals surface area (Å²) in [6.45, 7) is 0. The minimum atomic E-state index is -0.189. The van der Waals surface area contributed by atoms with E-state index in [4.69, 9.17) is 0 Å². The number of rotatable bonds is 2. The van der Waals surface area contributed by atoms with E-state index in [0.717, 1.165) is 16.6 Å². The average Bonchev–Trinajstić information content (AvgIpc) is 2.63. The number of para-hydroxylation sites is 2. The average molecular weight is 314 g/mol. The molecule has 4 aromatic rings. The number of hydrogen-bond acceptors (Lipinski definition) is 3. The lowest BCUT2D eigenvalue weighted by molar-refractivity contribution is 0.475. The molecule has 0 aliphatic carbocycles. The molecule has 116 valence electrons. The summed E-state index contributed by atoms with van der Waals surface area (Å²) in [5.41, 5.74) is 3.15. The molecule has 1 aromatic heterocycles. The standard InChI is InChI=1S/C20H14N2O2/c23-16-12-10-15(11-13-16)22-18-9-5-4-8-17(18)21-19(20(22)24)14-6-2-1-3-7-14/h1-13,23H. The molecule has 4 rings (SSSR count). The highest BCUT2D eigenvalue weighted by atomic mass is 16.3. The van der Waals surface area contributed by atoms with Gasteiger partial charge in [0.25, 0.3) is 5.56 Å². The van der Waals surface area contributed by atoms with Crippen LogP contribution in [-0.4, -0.2) is 14.7 Å². The highest BCUT2D eigenvalue weighted by Crippen LogP contribution is 2.21. The first-order valence-electron chi connectivity index (χ1n) is 7.61. The molecule has 0 bridgehead atoms. The number of aromatic hydroxyl groups is 1. The van der Waals surface area contributed by atoms with Crippen LogP contribution in [-0.2, 0) is 0 Å². The van der Waals surface area contributed by atoms with Crippen LogP contribution in [0.25, 0.3) is 28.0 Å². The molecule has 0 spiro atoms. The van der Waals surface area contributed by atoms with Crippen LogP contribution in [0.5, 0.6) is 5.75 Å². The van der Waals surface area contributed by atoms with Crippen LogP contribution in [0.2, 0.25) is 0 Å². The third kappa shape index (κ3) is 2.34. The maximum atomic E-state index is 13.1. The van der Waals surface area contributed by atoms with Gasteiger partial charge in [-0.05, 0) is 36.4 Å². The van der Waals surface area contributed by atoms with E-state index >= 15 is 0 Å².